The minimum Gasteiger partial charge on any atom is -0.497 e. The summed E-state index contributed by atoms with van der Waals surface area (Å²) in [6, 6.07) is 6.31. The summed E-state index contributed by atoms with van der Waals surface area (Å²) in [5, 5.41) is 11.6. The summed E-state index contributed by atoms with van der Waals surface area (Å²) >= 11 is 0. The van der Waals surface area contributed by atoms with E-state index in [9.17, 15) is 0 Å². The molecule has 0 amide bonds. The van der Waals surface area contributed by atoms with Gasteiger partial charge in [-0.05, 0) is 44.2 Å². The van der Waals surface area contributed by atoms with Gasteiger partial charge in [0.15, 0.2) is 11.8 Å². The highest BCUT2D eigenvalue weighted by atomic mass is 16.5. The minimum absolute atomic E-state index is 0.273. The molecule has 1 aliphatic heterocycles. The molecular weight excluding hydrogens is 392 g/mol. The van der Waals surface area contributed by atoms with Gasteiger partial charge in [0.05, 0.1) is 19.8 Å². The molecular formula is C23H34N6O2. The van der Waals surface area contributed by atoms with Gasteiger partial charge in [0.25, 0.3) is 0 Å². The molecule has 1 atom stereocenters. The zero-order valence-corrected chi connectivity index (χ0v) is 18.9. The van der Waals surface area contributed by atoms with E-state index in [1.165, 1.54) is 12.8 Å². The van der Waals surface area contributed by atoms with Crippen LogP contribution in [0.1, 0.15) is 56.2 Å². The molecule has 0 bridgehead atoms. The van der Waals surface area contributed by atoms with Crippen LogP contribution in [-0.4, -0.2) is 47.0 Å². The minimum atomic E-state index is 0.273. The molecule has 1 unspecified atom stereocenters. The summed E-state index contributed by atoms with van der Waals surface area (Å²) in [6.07, 6.45) is 7.85. The van der Waals surface area contributed by atoms with Crippen LogP contribution in [-0.2, 0) is 25.9 Å². The number of ether oxygens (including phenoxy) is 2. The first kappa shape index (κ1) is 21.5. The fourth-order valence-corrected chi connectivity index (χ4v) is 4.30. The van der Waals surface area contributed by atoms with Crippen molar-refractivity contribution in [2.75, 3.05) is 14.2 Å². The quantitative estimate of drug-likeness (QED) is 0.523. The Morgan fingerprint density at radius 1 is 1.26 bits per heavy atom. The van der Waals surface area contributed by atoms with Crippen LogP contribution >= 0.6 is 0 Å². The lowest BCUT2D eigenvalue weighted by Gasteiger charge is -2.25. The Hall–Kier alpha value is -2.77. The van der Waals surface area contributed by atoms with Crippen molar-refractivity contribution >= 4 is 5.96 Å². The highest BCUT2D eigenvalue weighted by Gasteiger charge is 2.22. The second kappa shape index (κ2) is 10.0. The second-order valence-electron chi connectivity index (χ2n) is 8.28. The molecule has 168 valence electrons. The Morgan fingerprint density at radius 2 is 2.10 bits per heavy atom. The molecule has 4 rings (SSSR count). The molecule has 8 heteroatoms. The van der Waals surface area contributed by atoms with Gasteiger partial charge in [0.1, 0.15) is 17.3 Å². The van der Waals surface area contributed by atoms with Crippen molar-refractivity contribution in [1.82, 2.24) is 25.4 Å². The smallest absolute Gasteiger partial charge is 0.191 e. The highest BCUT2D eigenvalue weighted by Crippen LogP contribution is 2.30. The number of fused-ring (bicyclic) bond motifs is 1. The fourth-order valence-electron chi connectivity index (χ4n) is 4.30. The number of rotatable bonds is 7. The van der Waals surface area contributed by atoms with Crippen LogP contribution in [0.4, 0.5) is 0 Å². The van der Waals surface area contributed by atoms with Crippen molar-refractivity contribution in [2.24, 2.45) is 4.99 Å². The van der Waals surface area contributed by atoms with Crippen molar-refractivity contribution in [1.29, 1.82) is 0 Å². The van der Waals surface area contributed by atoms with E-state index in [-0.39, 0.29) is 6.04 Å². The van der Waals surface area contributed by atoms with E-state index in [2.05, 4.69) is 38.7 Å². The van der Waals surface area contributed by atoms with Crippen molar-refractivity contribution < 1.29 is 9.47 Å². The number of methoxy groups -OCH3 is 1. The van der Waals surface area contributed by atoms with E-state index in [1.54, 1.807) is 14.2 Å². The summed E-state index contributed by atoms with van der Waals surface area (Å²) < 4.78 is 13.8. The summed E-state index contributed by atoms with van der Waals surface area (Å²) in [5.41, 5.74) is 1.10. The maximum Gasteiger partial charge on any atom is 0.191 e. The highest BCUT2D eigenvalue weighted by molar-refractivity contribution is 5.80. The van der Waals surface area contributed by atoms with Crippen molar-refractivity contribution in [3.63, 3.8) is 0 Å². The Morgan fingerprint density at radius 3 is 2.84 bits per heavy atom. The van der Waals surface area contributed by atoms with Crippen LogP contribution in [0.2, 0.25) is 0 Å². The fraction of sp³-hybridized carbons (Fsp3) is 0.609. The van der Waals surface area contributed by atoms with Crippen LogP contribution in [0.25, 0.3) is 0 Å². The van der Waals surface area contributed by atoms with Gasteiger partial charge in [-0.3, -0.25) is 4.99 Å². The molecule has 2 N–H and O–H groups in total. The van der Waals surface area contributed by atoms with Gasteiger partial charge in [0, 0.05) is 44.1 Å². The third-order valence-corrected chi connectivity index (χ3v) is 6.10. The molecule has 2 aliphatic rings. The predicted molar refractivity (Wildman–Crippen MR) is 121 cm³/mol. The number of hydrogen-bond acceptors (Lipinski definition) is 5. The molecule has 0 saturated heterocycles. The third-order valence-electron chi connectivity index (χ3n) is 6.10. The van der Waals surface area contributed by atoms with Crippen LogP contribution in [0.15, 0.2) is 23.2 Å². The Labute approximate surface area is 184 Å². The van der Waals surface area contributed by atoms with Crippen molar-refractivity contribution in [3.8, 4) is 11.5 Å². The normalized spacial score (nSPS) is 19.2. The molecule has 2 heterocycles. The van der Waals surface area contributed by atoms with E-state index in [0.29, 0.717) is 12.6 Å². The lowest BCUT2D eigenvalue weighted by atomic mass is 10.1. The molecule has 1 saturated carbocycles. The summed E-state index contributed by atoms with van der Waals surface area (Å²) in [7, 11) is 3.49. The van der Waals surface area contributed by atoms with Gasteiger partial charge in [0.2, 0.25) is 0 Å². The Bertz CT molecular complexity index is 903. The average molecular weight is 427 g/mol. The van der Waals surface area contributed by atoms with Gasteiger partial charge in [-0.25, -0.2) is 9.67 Å². The molecule has 31 heavy (non-hydrogen) atoms. The molecule has 1 aromatic heterocycles. The summed E-state index contributed by atoms with van der Waals surface area (Å²) in [4.78, 5) is 9.02. The number of nitrogens with zero attached hydrogens (tertiary/aromatic N) is 4. The predicted octanol–water partition coefficient (Wildman–Crippen LogP) is 2.85. The molecule has 1 aromatic carbocycles. The molecule has 8 nitrogen and oxygen atoms in total. The van der Waals surface area contributed by atoms with Crippen LogP contribution in [0.3, 0.4) is 0 Å². The topological polar surface area (TPSA) is 85.6 Å². The molecule has 1 aliphatic carbocycles. The lowest BCUT2D eigenvalue weighted by molar-refractivity contribution is 0.207. The molecule has 0 spiro atoms. The molecule has 2 aromatic rings. The first-order valence-corrected chi connectivity index (χ1v) is 11.4. The van der Waals surface area contributed by atoms with Crippen molar-refractivity contribution in [3.05, 3.63) is 35.4 Å². The summed E-state index contributed by atoms with van der Waals surface area (Å²) in [5.74, 6) is 4.51. The number of guanidine groups is 1. The van der Waals surface area contributed by atoms with Gasteiger partial charge >= 0.3 is 0 Å². The second-order valence-corrected chi connectivity index (χ2v) is 8.28. The van der Waals surface area contributed by atoms with E-state index >= 15 is 0 Å². The zero-order valence-electron chi connectivity index (χ0n) is 18.9. The van der Waals surface area contributed by atoms with E-state index in [4.69, 9.17) is 9.47 Å². The van der Waals surface area contributed by atoms with Gasteiger partial charge < -0.3 is 20.1 Å². The molecule has 0 radical (unpaired) electrons. The number of benzene rings is 1. The van der Waals surface area contributed by atoms with E-state index in [1.807, 2.05) is 16.8 Å². The monoisotopic (exact) mass is 426 g/mol. The average Bonchev–Trinajstić information content (AvgIpc) is 3.46. The number of aryl methyl sites for hydroxylation is 2. The first-order valence-electron chi connectivity index (χ1n) is 11.4. The van der Waals surface area contributed by atoms with E-state index in [0.717, 1.165) is 73.3 Å². The van der Waals surface area contributed by atoms with Crippen LogP contribution in [0.5, 0.6) is 11.5 Å². The Kier molecular flexibility index (Phi) is 6.94. The van der Waals surface area contributed by atoms with Gasteiger partial charge in [-0.1, -0.05) is 6.92 Å². The number of aromatic nitrogens is 3. The van der Waals surface area contributed by atoms with Crippen molar-refractivity contribution in [2.45, 2.75) is 77.1 Å². The number of nitrogens with one attached hydrogen (secondary N) is 2. The Balaban J connectivity index is 1.37. The largest absolute Gasteiger partial charge is 0.497 e. The lowest BCUT2D eigenvalue weighted by Crippen LogP contribution is -2.46. The van der Waals surface area contributed by atoms with E-state index < -0.39 is 0 Å². The van der Waals surface area contributed by atoms with Gasteiger partial charge in [-0.15, -0.1) is 0 Å². The molecule has 1 fully saturated rings. The van der Waals surface area contributed by atoms with Crippen LogP contribution in [0, 0.1) is 0 Å². The SMILES string of the molecule is CCc1nc2n(n1)CC(NC(=NC)NCc1ccc(OC)cc1OC1CCCC1)CC2. The maximum absolute atomic E-state index is 6.32. The number of hydrogen-bond donors (Lipinski definition) is 2. The third kappa shape index (κ3) is 5.29. The van der Waals surface area contributed by atoms with Gasteiger partial charge in [-0.2, -0.15) is 5.10 Å². The summed E-state index contributed by atoms with van der Waals surface area (Å²) in [6.45, 7) is 3.53. The standard InChI is InChI=1S/C23H34N6O2/c1-4-21-27-22-12-10-17(15-29(22)28-21)26-23(24-2)25-14-16-9-11-19(30-3)13-20(16)31-18-7-5-6-8-18/h9,11,13,17-18H,4-8,10,12,14-15H2,1-3H3,(H2,24,25,26). The zero-order chi connectivity index (χ0) is 21.6. The maximum atomic E-state index is 6.32. The first-order chi connectivity index (χ1) is 15.2. The van der Waals surface area contributed by atoms with Crippen LogP contribution < -0.4 is 20.1 Å². The number of aliphatic imine (C=N–C) groups is 1.